The molecule has 1 aliphatic carbocycles. The lowest BCUT2D eigenvalue weighted by molar-refractivity contribution is 0.00578. The van der Waals surface area contributed by atoms with Gasteiger partial charge >= 0.3 is 21.4 Å². The molecule has 2 aromatic rings. The highest BCUT2D eigenvalue weighted by Crippen LogP contribution is 2.56. The molecule has 0 unspecified atom stereocenters. The number of benzene rings is 2. The van der Waals surface area contributed by atoms with Crippen LogP contribution in [0.4, 0.5) is 0 Å². The van der Waals surface area contributed by atoms with Crippen molar-refractivity contribution in [3.63, 3.8) is 0 Å². The van der Waals surface area contributed by atoms with E-state index in [4.69, 9.17) is 27.9 Å². The van der Waals surface area contributed by atoms with Crippen LogP contribution in [0.5, 0.6) is 0 Å². The van der Waals surface area contributed by atoms with Crippen molar-refractivity contribution in [3.05, 3.63) is 82.7 Å². The molecule has 0 spiro atoms. The van der Waals surface area contributed by atoms with Crippen LogP contribution in [0.15, 0.2) is 71.6 Å². The molecule has 0 saturated carbocycles. The lowest BCUT2D eigenvalue weighted by Crippen LogP contribution is -2.41. The Bertz CT molecular complexity index is 1460. The maximum atomic E-state index is 6.88. The Labute approximate surface area is 271 Å². The van der Waals surface area contributed by atoms with Gasteiger partial charge in [-0.15, -0.1) is 0 Å². The molecule has 0 amide bonds. The molecule has 238 valence electrons. The molecular weight excluding hydrogens is 561 g/mol. The van der Waals surface area contributed by atoms with Gasteiger partial charge in [-0.05, 0) is 123 Å². The molecule has 0 radical (unpaired) electrons. The van der Waals surface area contributed by atoms with E-state index in [2.05, 4.69) is 138 Å². The second kappa shape index (κ2) is 10.7. The molecule has 0 bridgehead atoms. The minimum Gasteiger partial charge on any atom is -0.403 e. The van der Waals surface area contributed by atoms with E-state index < -0.39 is 55.0 Å². The summed E-state index contributed by atoms with van der Waals surface area (Å²) in [5, 5.41) is 0. The van der Waals surface area contributed by atoms with Crippen molar-refractivity contribution in [1.29, 1.82) is 0 Å². The molecule has 1 atom stereocenters. The molecule has 45 heavy (non-hydrogen) atoms. The molecule has 6 nitrogen and oxygen atoms in total. The van der Waals surface area contributed by atoms with Crippen LogP contribution in [0.25, 0.3) is 11.1 Å². The van der Waals surface area contributed by atoms with Crippen LogP contribution >= 0.6 is 0 Å². The number of allylic oxidation sites excluding steroid dienone is 4. The monoisotopic (exact) mass is 610 g/mol. The zero-order valence-electron chi connectivity index (χ0n) is 29.2. The van der Waals surface area contributed by atoms with Crippen molar-refractivity contribution < 1.29 is 27.9 Å². The third-order valence-electron chi connectivity index (χ3n) is 11.5. The zero-order valence-corrected chi connectivity index (χ0v) is 29.2. The fraction of sp³-hybridized carbons (Fsp3) is 0.556. The first-order valence-corrected chi connectivity index (χ1v) is 16.4. The average molecular weight is 610 g/mol. The minimum atomic E-state index is -0.618. The van der Waals surface area contributed by atoms with Crippen molar-refractivity contribution in [2.45, 2.75) is 129 Å². The van der Waals surface area contributed by atoms with E-state index in [0.29, 0.717) is 6.42 Å². The summed E-state index contributed by atoms with van der Waals surface area (Å²) in [5.74, 6) is -0.238. The molecule has 2 aromatic carbocycles. The van der Waals surface area contributed by atoms with Gasteiger partial charge in [0.15, 0.2) is 0 Å². The summed E-state index contributed by atoms with van der Waals surface area (Å²) in [4.78, 5) is 0. The Balaban J connectivity index is 1.66. The smallest absolute Gasteiger partial charge is 0.403 e. The molecule has 3 fully saturated rings. The summed E-state index contributed by atoms with van der Waals surface area (Å²) in [6.45, 7) is 25.2. The van der Waals surface area contributed by atoms with Gasteiger partial charge in [0.05, 0.1) is 33.6 Å². The molecule has 6 rings (SSSR count). The second-order valence-corrected chi connectivity index (χ2v) is 16.1. The summed E-state index contributed by atoms with van der Waals surface area (Å²) < 4.78 is 41.1. The normalized spacial score (nSPS) is 27.9. The van der Waals surface area contributed by atoms with Gasteiger partial charge < -0.3 is 27.9 Å². The van der Waals surface area contributed by atoms with Gasteiger partial charge in [0.25, 0.3) is 0 Å². The Morgan fingerprint density at radius 2 is 0.822 bits per heavy atom. The Morgan fingerprint density at radius 3 is 1.24 bits per heavy atom. The highest BCUT2D eigenvalue weighted by Gasteiger charge is 2.62. The largest absolute Gasteiger partial charge is 0.491 e. The Kier molecular flexibility index (Phi) is 7.80. The summed E-state index contributed by atoms with van der Waals surface area (Å²) in [5.41, 5.74) is 3.28. The summed E-state index contributed by atoms with van der Waals surface area (Å²) in [6.07, 6.45) is 0.591. The molecule has 9 heteroatoms. The Hall–Kier alpha value is -2.13. The number of hydrogen-bond acceptors (Lipinski definition) is 6. The SMILES string of the molecule is CC1(C)OB(C2=C(c3ccccc3)C(c3ccccc3)=C(B3OC(C)(C)C(C)(C)O3)[C@@H](B3OC(C)(C)C(C)(C)O3)C2)OC1(C)C. The third kappa shape index (κ3) is 5.42. The van der Waals surface area contributed by atoms with Crippen LogP contribution in [-0.4, -0.2) is 55.0 Å². The molecule has 3 heterocycles. The summed E-state index contributed by atoms with van der Waals surface area (Å²) in [6, 6.07) is 21.1. The maximum absolute atomic E-state index is 6.88. The summed E-state index contributed by atoms with van der Waals surface area (Å²) in [7, 11) is -1.72. The van der Waals surface area contributed by atoms with E-state index in [1.807, 2.05) is 6.07 Å². The first-order chi connectivity index (χ1) is 20.8. The molecule has 0 N–H and O–H groups in total. The van der Waals surface area contributed by atoms with Gasteiger partial charge in [-0.3, -0.25) is 0 Å². The first-order valence-electron chi connectivity index (χ1n) is 16.4. The van der Waals surface area contributed by atoms with Crippen LogP contribution in [0, 0.1) is 0 Å². The second-order valence-electron chi connectivity index (χ2n) is 16.1. The van der Waals surface area contributed by atoms with Crippen molar-refractivity contribution in [2.75, 3.05) is 0 Å². The van der Waals surface area contributed by atoms with Crippen molar-refractivity contribution in [1.82, 2.24) is 0 Å². The van der Waals surface area contributed by atoms with Gasteiger partial charge in [0.2, 0.25) is 0 Å². The van der Waals surface area contributed by atoms with E-state index >= 15 is 0 Å². The van der Waals surface area contributed by atoms with Crippen molar-refractivity contribution >= 4 is 32.5 Å². The Morgan fingerprint density at radius 1 is 0.467 bits per heavy atom. The lowest BCUT2D eigenvalue weighted by atomic mass is 9.47. The molecular formula is C36H49B3O6. The number of rotatable bonds is 5. The molecule has 3 aliphatic heterocycles. The predicted octanol–water partition coefficient (Wildman–Crippen LogP) is 8.02. The van der Waals surface area contributed by atoms with Gasteiger partial charge in [-0.25, -0.2) is 0 Å². The zero-order chi connectivity index (χ0) is 32.8. The fourth-order valence-corrected chi connectivity index (χ4v) is 6.55. The van der Waals surface area contributed by atoms with E-state index in [-0.39, 0.29) is 5.82 Å². The maximum Gasteiger partial charge on any atom is 0.491 e. The van der Waals surface area contributed by atoms with Crippen molar-refractivity contribution in [2.24, 2.45) is 0 Å². The van der Waals surface area contributed by atoms with Gasteiger partial charge in [0, 0.05) is 5.82 Å². The average Bonchev–Trinajstić information content (AvgIpc) is 3.41. The van der Waals surface area contributed by atoms with Gasteiger partial charge in [-0.2, -0.15) is 0 Å². The van der Waals surface area contributed by atoms with Crippen LogP contribution in [0.1, 0.15) is 101 Å². The number of hydrogen-bond donors (Lipinski definition) is 0. The summed E-state index contributed by atoms with van der Waals surface area (Å²) >= 11 is 0. The quantitative estimate of drug-likeness (QED) is 0.320. The highest BCUT2D eigenvalue weighted by atomic mass is 16.7. The standard InChI is InChI=1S/C36H49B3O6/c1-31(2)32(3,4)41-37(40-31)26-23-27(38-42-33(5,6)34(7,8)43-38)30(39-44-35(9,10)36(11,12)45-39)29(25-21-17-14-18-22-25)28(26)24-19-15-13-16-20-24/h13-22,27H,23H2,1-12H3/t27-/m0/s1. The van der Waals surface area contributed by atoms with Crippen LogP contribution in [0.3, 0.4) is 0 Å². The van der Waals surface area contributed by atoms with E-state index in [0.717, 1.165) is 33.2 Å². The third-order valence-corrected chi connectivity index (χ3v) is 11.5. The van der Waals surface area contributed by atoms with Crippen LogP contribution in [-0.2, 0) is 27.9 Å². The fourth-order valence-electron chi connectivity index (χ4n) is 6.55. The van der Waals surface area contributed by atoms with Crippen LogP contribution in [0.2, 0.25) is 5.82 Å². The van der Waals surface area contributed by atoms with Crippen molar-refractivity contribution in [3.8, 4) is 0 Å². The van der Waals surface area contributed by atoms with E-state index in [1.54, 1.807) is 0 Å². The minimum absolute atomic E-state index is 0.238. The topological polar surface area (TPSA) is 55.4 Å². The molecule has 4 aliphatic rings. The van der Waals surface area contributed by atoms with E-state index in [1.165, 1.54) is 0 Å². The van der Waals surface area contributed by atoms with Gasteiger partial charge in [0.1, 0.15) is 0 Å². The highest BCUT2D eigenvalue weighted by molar-refractivity contribution is 6.65. The predicted molar refractivity (Wildman–Crippen MR) is 183 cm³/mol. The van der Waals surface area contributed by atoms with Gasteiger partial charge in [-0.1, -0.05) is 60.7 Å². The lowest BCUT2D eigenvalue weighted by Gasteiger charge is -2.36. The molecule has 3 saturated heterocycles. The van der Waals surface area contributed by atoms with E-state index in [9.17, 15) is 0 Å². The first kappa shape index (κ1) is 32.8. The van der Waals surface area contributed by atoms with Crippen LogP contribution < -0.4 is 0 Å². The molecule has 0 aromatic heterocycles.